The van der Waals surface area contributed by atoms with Crippen molar-refractivity contribution in [3.05, 3.63) is 75.7 Å². The summed E-state index contributed by atoms with van der Waals surface area (Å²) in [6.07, 6.45) is 3.54. The Bertz CT molecular complexity index is 1760. The Balaban J connectivity index is 0.000000150. The topological polar surface area (TPSA) is 81.2 Å². The van der Waals surface area contributed by atoms with Gasteiger partial charge in [0.1, 0.15) is 10.3 Å². The summed E-state index contributed by atoms with van der Waals surface area (Å²) >= 11 is 15.1. The van der Waals surface area contributed by atoms with Gasteiger partial charge in [0.05, 0.1) is 33.6 Å². The largest absolute Gasteiger partial charge is 0.494 e. The van der Waals surface area contributed by atoms with Gasteiger partial charge in [-0.1, -0.05) is 63.4 Å². The van der Waals surface area contributed by atoms with Crippen molar-refractivity contribution in [1.29, 1.82) is 0 Å². The molecule has 3 fully saturated rings. The SMILES string of the molecule is CC1(C)OB(B2OC(C)(C)C(C)(C)O2)OC1(C)C.CC1(C)OB(c2ccc3cnc(Cl)cc3c2)OC1(C)C.Clc1cc2cc(Br)ccc2cn1. The van der Waals surface area contributed by atoms with E-state index in [2.05, 4.69) is 53.6 Å². The van der Waals surface area contributed by atoms with Crippen LogP contribution in [0.4, 0.5) is 0 Å². The molecule has 4 aromatic rings. The van der Waals surface area contributed by atoms with Crippen LogP contribution in [0.5, 0.6) is 0 Å². The molecule has 0 N–H and O–H groups in total. The highest BCUT2D eigenvalue weighted by atomic mass is 79.9. The number of nitrogens with zero attached hydrogens (tertiary/aromatic N) is 2. The first-order valence-corrected chi connectivity index (χ1v) is 18.3. The Kier molecular flexibility index (Phi) is 11.0. The van der Waals surface area contributed by atoms with Crippen molar-refractivity contribution in [2.45, 2.75) is 117 Å². The van der Waals surface area contributed by atoms with E-state index in [1.165, 1.54) is 0 Å². The van der Waals surface area contributed by atoms with Gasteiger partial charge in [0, 0.05) is 27.6 Å². The number of benzene rings is 2. The van der Waals surface area contributed by atoms with Gasteiger partial charge in [-0.25, -0.2) is 9.97 Å². The molecule has 0 atom stereocenters. The van der Waals surface area contributed by atoms with Gasteiger partial charge >= 0.3 is 21.1 Å². The van der Waals surface area contributed by atoms with Crippen LogP contribution in [-0.2, 0) is 27.9 Å². The Morgan fingerprint density at radius 2 is 0.840 bits per heavy atom. The molecule has 0 bridgehead atoms. The maximum atomic E-state index is 6.06. The summed E-state index contributed by atoms with van der Waals surface area (Å²) < 4.78 is 37.0. The van der Waals surface area contributed by atoms with Gasteiger partial charge in [0.25, 0.3) is 0 Å². The highest BCUT2D eigenvalue weighted by Crippen LogP contribution is 2.43. The van der Waals surface area contributed by atoms with Gasteiger partial charge in [-0.15, -0.1) is 0 Å². The molecule has 14 heteroatoms. The van der Waals surface area contributed by atoms with Crippen LogP contribution in [0.25, 0.3) is 21.5 Å². The zero-order valence-corrected chi connectivity index (χ0v) is 34.1. The van der Waals surface area contributed by atoms with Crippen LogP contribution in [0.15, 0.2) is 65.4 Å². The van der Waals surface area contributed by atoms with Crippen molar-refractivity contribution >= 4 is 87.3 Å². The molecule has 8 nitrogen and oxygen atoms in total. The lowest BCUT2D eigenvalue weighted by atomic mass is 9.49. The zero-order valence-electron chi connectivity index (χ0n) is 31.0. The molecule has 0 radical (unpaired) electrons. The number of hydrogen-bond donors (Lipinski definition) is 0. The third kappa shape index (κ3) is 8.24. The molecular weight excluding hydrogens is 740 g/mol. The maximum absolute atomic E-state index is 6.06. The van der Waals surface area contributed by atoms with Crippen molar-refractivity contribution in [3.8, 4) is 0 Å². The lowest BCUT2D eigenvalue weighted by molar-refractivity contribution is 0.00578. The summed E-state index contributed by atoms with van der Waals surface area (Å²) in [5.41, 5.74) is -1.10. The molecule has 3 aliphatic heterocycles. The maximum Gasteiger partial charge on any atom is 0.494 e. The fraction of sp³-hybridized carbons (Fsp3) is 0.500. The molecule has 266 valence electrons. The Morgan fingerprint density at radius 1 is 0.480 bits per heavy atom. The van der Waals surface area contributed by atoms with E-state index in [0.717, 1.165) is 31.5 Å². The quantitative estimate of drug-likeness (QED) is 0.147. The predicted molar refractivity (Wildman–Crippen MR) is 209 cm³/mol. The van der Waals surface area contributed by atoms with Gasteiger partial charge in [-0.3, -0.25) is 0 Å². The second-order valence-electron chi connectivity index (χ2n) is 15.9. The second-order valence-corrected chi connectivity index (χ2v) is 17.6. The average Bonchev–Trinajstić information content (AvgIpc) is 3.46. The van der Waals surface area contributed by atoms with Crippen molar-refractivity contribution in [2.75, 3.05) is 0 Å². The van der Waals surface area contributed by atoms with Gasteiger partial charge in [0.2, 0.25) is 0 Å². The summed E-state index contributed by atoms with van der Waals surface area (Å²) in [6, 6.07) is 15.8. The summed E-state index contributed by atoms with van der Waals surface area (Å²) in [6.45, 7) is 24.4. The molecule has 0 unspecified atom stereocenters. The molecule has 0 spiro atoms. The lowest BCUT2D eigenvalue weighted by Crippen LogP contribution is -2.41. The monoisotopic (exact) mass is 784 g/mol. The van der Waals surface area contributed by atoms with E-state index in [1.807, 2.05) is 104 Å². The third-order valence-electron chi connectivity index (χ3n) is 10.7. The van der Waals surface area contributed by atoms with E-state index in [0.29, 0.717) is 10.3 Å². The molecule has 0 saturated carbocycles. The highest BCUT2D eigenvalue weighted by molar-refractivity contribution is 9.10. The normalized spacial score (nSPS) is 22.3. The Hall–Kier alpha value is -1.73. The first-order chi connectivity index (χ1) is 22.9. The fourth-order valence-electron chi connectivity index (χ4n) is 5.34. The number of halogens is 3. The molecule has 7 rings (SSSR count). The Morgan fingerprint density at radius 3 is 1.26 bits per heavy atom. The van der Waals surface area contributed by atoms with Crippen LogP contribution in [0.3, 0.4) is 0 Å². The molecule has 5 heterocycles. The van der Waals surface area contributed by atoms with Crippen molar-refractivity contribution in [3.63, 3.8) is 0 Å². The van der Waals surface area contributed by atoms with E-state index < -0.39 is 14.0 Å². The number of hydrogen-bond acceptors (Lipinski definition) is 8. The first kappa shape index (κ1) is 39.5. The Labute approximate surface area is 316 Å². The summed E-state index contributed by atoms with van der Waals surface area (Å²) in [5.74, 6) is 0. The molecule has 2 aromatic heterocycles. The van der Waals surface area contributed by atoms with E-state index in [4.69, 9.17) is 51.1 Å². The summed E-state index contributed by atoms with van der Waals surface area (Å²) in [4.78, 5) is 8.07. The summed E-state index contributed by atoms with van der Waals surface area (Å²) in [7, 11) is -1.30. The molecule has 3 aliphatic rings. The van der Waals surface area contributed by atoms with Gasteiger partial charge in [-0.2, -0.15) is 0 Å². The summed E-state index contributed by atoms with van der Waals surface area (Å²) in [5, 5.41) is 5.31. The smallest absolute Gasteiger partial charge is 0.405 e. The molecule has 0 amide bonds. The molecule has 3 saturated heterocycles. The zero-order chi connectivity index (χ0) is 37.1. The van der Waals surface area contributed by atoms with Crippen LogP contribution >= 0.6 is 39.1 Å². The number of pyridine rings is 2. The van der Waals surface area contributed by atoms with Crippen molar-refractivity contribution < 1.29 is 27.9 Å². The van der Waals surface area contributed by atoms with Crippen LogP contribution in [-0.4, -0.2) is 64.7 Å². The van der Waals surface area contributed by atoms with E-state index in [1.54, 1.807) is 12.4 Å². The minimum Gasteiger partial charge on any atom is -0.405 e. The van der Waals surface area contributed by atoms with Gasteiger partial charge in [-0.05, 0) is 124 Å². The van der Waals surface area contributed by atoms with Crippen LogP contribution < -0.4 is 5.46 Å². The van der Waals surface area contributed by atoms with Gasteiger partial charge in [0.15, 0.2) is 0 Å². The van der Waals surface area contributed by atoms with E-state index in [-0.39, 0.29) is 40.7 Å². The predicted octanol–water partition coefficient (Wildman–Crippen LogP) is 9.09. The van der Waals surface area contributed by atoms with E-state index >= 15 is 0 Å². The third-order valence-corrected chi connectivity index (χ3v) is 11.6. The fourth-order valence-corrected chi connectivity index (χ4v) is 6.05. The van der Waals surface area contributed by atoms with Crippen LogP contribution in [0.2, 0.25) is 10.3 Å². The minimum absolute atomic E-state index is 0.331. The highest BCUT2D eigenvalue weighted by Gasteiger charge is 2.63. The molecule has 0 aliphatic carbocycles. The van der Waals surface area contributed by atoms with E-state index in [9.17, 15) is 0 Å². The van der Waals surface area contributed by atoms with Crippen molar-refractivity contribution in [1.82, 2.24) is 9.97 Å². The average molecular weight is 786 g/mol. The van der Waals surface area contributed by atoms with Crippen LogP contribution in [0, 0.1) is 0 Å². The molecule has 50 heavy (non-hydrogen) atoms. The minimum atomic E-state index is -0.476. The first-order valence-electron chi connectivity index (χ1n) is 16.7. The number of fused-ring (bicyclic) bond motifs is 2. The standard InChI is InChI=1S/C15H17BClNO2.C12H24B2O4.C9H5BrClN/c1-14(2)15(3,4)20-16(19-14)12-6-5-10-9-18-13(17)8-11(10)7-12;1-9(2)10(3,4)16-13(15-9)14-17-11(5,6)12(7,8)18-14;10-8-2-1-6-5-12-9(11)4-7(6)3-8/h5-9H,1-4H3;1-8H3;1-5H. The number of rotatable bonds is 2. The second kappa shape index (κ2) is 13.9. The van der Waals surface area contributed by atoms with Crippen molar-refractivity contribution in [2.24, 2.45) is 0 Å². The van der Waals surface area contributed by atoms with Crippen LogP contribution in [0.1, 0.15) is 83.1 Å². The lowest BCUT2D eigenvalue weighted by Gasteiger charge is -2.32. The number of aromatic nitrogens is 2. The molecule has 2 aromatic carbocycles. The molecular formula is C36H46B3BrCl2N2O6. The van der Waals surface area contributed by atoms with Gasteiger partial charge < -0.3 is 27.9 Å².